The zero-order chi connectivity index (χ0) is 10.6. The molecule has 0 N–H and O–H groups in total. The van der Waals surface area contributed by atoms with Crippen molar-refractivity contribution in [2.45, 2.75) is 71.6 Å². The van der Waals surface area contributed by atoms with Gasteiger partial charge in [0.25, 0.3) is 0 Å². The van der Waals surface area contributed by atoms with Crippen LogP contribution >= 0.6 is 0 Å². The van der Waals surface area contributed by atoms with Crippen molar-refractivity contribution < 1.29 is 0 Å². The van der Waals surface area contributed by atoms with Gasteiger partial charge in [0.1, 0.15) is 0 Å². The normalized spacial score (nSPS) is 12.4. The highest BCUT2D eigenvalue weighted by Crippen LogP contribution is 2.14. The van der Waals surface area contributed by atoms with E-state index in [1.807, 2.05) is 0 Å². The molecule has 0 unspecified atom stereocenters. The van der Waals surface area contributed by atoms with Gasteiger partial charge in [0.15, 0.2) is 0 Å². The summed E-state index contributed by atoms with van der Waals surface area (Å²) in [4.78, 5) is 0. The minimum absolute atomic E-state index is 0.607. The van der Waals surface area contributed by atoms with E-state index >= 15 is 0 Å². The summed E-state index contributed by atoms with van der Waals surface area (Å²) in [6.07, 6.45) is 11.6. The van der Waals surface area contributed by atoms with Gasteiger partial charge in [-0.3, -0.25) is 0 Å². The van der Waals surface area contributed by atoms with Crippen LogP contribution in [0.25, 0.3) is 0 Å². The molecular formula is C13H25N. The SMILES string of the molecule is CCCCCCCCC[C@@H](C)CC#N. The second-order valence-corrected chi connectivity index (χ2v) is 4.38. The van der Waals surface area contributed by atoms with Gasteiger partial charge in [-0.25, -0.2) is 0 Å². The van der Waals surface area contributed by atoms with E-state index in [9.17, 15) is 0 Å². The molecule has 0 aromatic heterocycles. The van der Waals surface area contributed by atoms with Crippen molar-refractivity contribution in [3.05, 3.63) is 0 Å². The number of hydrogen-bond acceptors (Lipinski definition) is 1. The number of unbranched alkanes of at least 4 members (excludes halogenated alkanes) is 6. The molecule has 14 heavy (non-hydrogen) atoms. The Labute approximate surface area is 89.5 Å². The molecule has 0 rings (SSSR count). The molecule has 0 amide bonds. The lowest BCUT2D eigenvalue weighted by atomic mass is 9.99. The van der Waals surface area contributed by atoms with Crippen LogP contribution in [0.2, 0.25) is 0 Å². The van der Waals surface area contributed by atoms with Gasteiger partial charge in [-0.05, 0) is 12.3 Å². The monoisotopic (exact) mass is 195 g/mol. The first-order chi connectivity index (χ1) is 6.81. The van der Waals surface area contributed by atoms with E-state index in [-0.39, 0.29) is 0 Å². The molecule has 0 aliphatic carbocycles. The lowest BCUT2D eigenvalue weighted by molar-refractivity contribution is 0.488. The molecule has 1 heteroatoms. The van der Waals surface area contributed by atoms with Gasteiger partial charge in [0.2, 0.25) is 0 Å². The van der Waals surface area contributed by atoms with Crippen LogP contribution in [0.4, 0.5) is 0 Å². The summed E-state index contributed by atoms with van der Waals surface area (Å²) < 4.78 is 0. The molecule has 0 fully saturated rings. The van der Waals surface area contributed by atoms with Gasteiger partial charge in [-0.2, -0.15) is 5.26 Å². The second kappa shape index (κ2) is 10.6. The smallest absolute Gasteiger partial charge is 0.0624 e. The Balaban J connectivity index is 3.02. The Morgan fingerprint density at radius 2 is 1.57 bits per heavy atom. The van der Waals surface area contributed by atoms with Crippen LogP contribution in [0, 0.1) is 17.2 Å². The first-order valence-corrected chi connectivity index (χ1v) is 6.18. The van der Waals surface area contributed by atoms with Crippen molar-refractivity contribution in [1.82, 2.24) is 0 Å². The molecule has 0 aliphatic rings. The molecule has 0 bridgehead atoms. The zero-order valence-electron chi connectivity index (χ0n) is 9.89. The fourth-order valence-electron chi connectivity index (χ4n) is 1.71. The molecule has 0 heterocycles. The Kier molecular flexibility index (Phi) is 10.2. The summed E-state index contributed by atoms with van der Waals surface area (Å²) in [6, 6.07) is 2.24. The van der Waals surface area contributed by atoms with Gasteiger partial charge in [0.05, 0.1) is 6.07 Å². The first kappa shape index (κ1) is 13.5. The summed E-state index contributed by atoms with van der Waals surface area (Å²) in [5, 5.41) is 8.49. The molecule has 1 nitrogen and oxygen atoms in total. The van der Waals surface area contributed by atoms with Crippen LogP contribution < -0.4 is 0 Å². The quantitative estimate of drug-likeness (QED) is 0.490. The van der Waals surface area contributed by atoms with E-state index in [1.54, 1.807) is 0 Å². The fraction of sp³-hybridized carbons (Fsp3) is 0.923. The van der Waals surface area contributed by atoms with E-state index in [4.69, 9.17) is 5.26 Å². The summed E-state index contributed by atoms with van der Waals surface area (Å²) in [6.45, 7) is 4.43. The number of rotatable bonds is 9. The maximum atomic E-state index is 8.49. The largest absolute Gasteiger partial charge is 0.198 e. The van der Waals surface area contributed by atoms with Crippen molar-refractivity contribution in [2.24, 2.45) is 5.92 Å². The number of hydrogen-bond donors (Lipinski definition) is 0. The minimum Gasteiger partial charge on any atom is -0.198 e. The lowest BCUT2D eigenvalue weighted by Crippen LogP contribution is -1.92. The van der Waals surface area contributed by atoms with Gasteiger partial charge < -0.3 is 0 Å². The lowest BCUT2D eigenvalue weighted by Gasteiger charge is -2.05. The predicted octanol–water partition coefficient (Wildman–Crippen LogP) is 4.68. The van der Waals surface area contributed by atoms with Gasteiger partial charge in [-0.15, -0.1) is 0 Å². The van der Waals surface area contributed by atoms with Crippen molar-refractivity contribution in [3.63, 3.8) is 0 Å². The average molecular weight is 195 g/mol. The fourth-order valence-corrected chi connectivity index (χ4v) is 1.71. The van der Waals surface area contributed by atoms with Crippen LogP contribution in [0.5, 0.6) is 0 Å². The van der Waals surface area contributed by atoms with E-state index in [1.165, 1.54) is 51.4 Å². The van der Waals surface area contributed by atoms with Crippen molar-refractivity contribution in [1.29, 1.82) is 5.26 Å². The Hall–Kier alpha value is -0.510. The Morgan fingerprint density at radius 1 is 1.00 bits per heavy atom. The molecule has 0 spiro atoms. The second-order valence-electron chi connectivity index (χ2n) is 4.38. The van der Waals surface area contributed by atoms with Crippen molar-refractivity contribution in [3.8, 4) is 6.07 Å². The summed E-state index contributed by atoms with van der Waals surface area (Å²) in [7, 11) is 0. The maximum Gasteiger partial charge on any atom is 0.0624 e. The van der Waals surface area contributed by atoms with Gasteiger partial charge in [0, 0.05) is 6.42 Å². The summed E-state index contributed by atoms with van der Waals surface area (Å²) in [5.41, 5.74) is 0. The Morgan fingerprint density at radius 3 is 2.14 bits per heavy atom. The molecule has 0 saturated carbocycles. The zero-order valence-corrected chi connectivity index (χ0v) is 9.89. The first-order valence-electron chi connectivity index (χ1n) is 6.18. The van der Waals surface area contributed by atoms with Crippen LogP contribution in [0.3, 0.4) is 0 Å². The molecule has 0 radical (unpaired) electrons. The summed E-state index contributed by atoms with van der Waals surface area (Å²) in [5.74, 6) is 0.607. The molecule has 82 valence electrons. The third kappa shape index (κ3) is 9.58. The van der Waals surface area contributed by atoms with Gasteiger partial charge >= 0.3 is 0 Å². The number of nitriles is 1. The van der Waals surface area contributed by atoms with Crippen LogP contribution in [0.1, 0.15) is 71.6 Å². The van der Waals surface area contributed by atoms with E-state index in [0.717, 1.165) is 6.42 Å². The summed E-state index contributed by atoms with van der Waals surface area (Å²) >= 11 is 0. The minimum atomic E-state index is 0.607. The van der Waals surface area contributed by atoms with Crippen molar-refractivity contribution in [2.75, 3.05) is 0 Å². The maximum absolute atomic E-state index is 8.49. The van der Waals surface area contributed by atoms with Crippen LogP contribution in [-0.4, -0.2) is 0 Å². The standard InChI is InChI=1S/C13H25N/c1-3-4-5-6-7-8-9-10-13(2)11-12-14/h13H,3-11H2,1-2H3/t13-/m1/s1. The third-order valence-electron chi connectivity index (χ3n) is 2.74. The van der Waals surface area contributed by atoms with Gasteiger partial charge in [-0.1, -0.05) is 58.8 Å². The third-order valence-corrected chi connectivity index (χ3v) is 2.74. The highest BCUT2D eigenvalue weighted by molar-refractivity contribution is 4.72. The topological polar surface area (TPSA) is 23.8 Å². The highest BCUT2D eigenvalue weighted by Gasteiger charge is 2.00. The molecule has 0 aromatic carbocycles. The van der Waals surface area contributed by atoms with Crippen LogP contribution in [0.15, 0.2) is 0 Å². The van der Waals surface area contributed by atoms with E-state index in [2.05, 4.69) is 19.9 Å². The van der Waals surface area contributed by atoms with Crippen molar-refractivity contribution >= 4 is 0 Å². The highest BCUT2D eigenvalue weighted by atomic mass is 14.2. The molecule has 1 atom stereocenters. The predicted molar refractivity (Wildman–Crippen MR) is 62.0 cm³/mol. The molecular weight excluding hydrogens is 170 g/mol. The molecule has 0 aromatic rings. The van der Waals surface area contributed by atoms with E-state index < -0.39 is 0 Å². The van der Waals surface area contributed by atoms with E-state index in [0.29, 0.717) is 5.92 Å². The Bertz CT molecular complexity index is 146. The number of nitrogens with zero attached hydrogens (tertiary/aromatic N) is 1. The van der Waals surface area contributed by atoms with Crippen LogP contribution in [-0.2, 0) is 0 Å². The molecule has 0 aliphatic heterocycles. The average Bonchev–Trinajstić information content (AvgIpc) is 2.17. The molecule has 0 saturated heterocycles.